The van der Waals surface area contributed by atoms with Crippen LogP contribution in [0.3, 0.4) is 0 Å². The molecule has 1 aliphatic heterocycles. The minimum absolute atomic E-state index is 0.00521. The summed E-state index contributed by atoms with van der Waals surface area (Å²) in [5, 5.41) is 5.07. The molecule has 1 amide bonds. The van der Waals surface area contributed by atoms with Gasteiger partial charge in [-0.3, -0.25) is 4.79 Å². The molecule has 1 fully saturated rings. The summed E-state index contributed by atoms with van der Waals surface area (Å²) in [6.07, 6.45) is 0.256. The van der Waals surface area contributed by atoms with Gasteiger partial charge in [0.05, 0.1) is 11.8 Å². The second-order valence-corrected chi connectivity index (χ2v) is 7.62. The smallest absolute Gasteiger partial charge is 0.223 e. The van der Waals surface area contributed by atoms with E-state index in [-0.39, 0.29) is 30.0 Å². The maximum atomic E-state index is 12.1. The van der Waals surface area contributed by atoms with Crippen molar-refractivity contribution in [1.82, 2.24) is 4.90 Å². The first-order valence-electron chi connectivity index (χ1n) is 7.04. The molecule has 0 aliphatic carbocycles. The molecule has 1 aliphatic rings. The molecule has 1 aromatic rings. The fraction of sp³-hybridized carbons (Fsp3) is 0.533. The van der Waals surface area contributed by atoms with Gasteiger partial charge in [0.15, 0.2) is 0 Å². The lowest BCUT2D eigenvalue weighted by Gasteiger charge is -2.25. The van der Waals surface area contributed by atoms with E-state index < -0.39 is 10.0 Å². The van der Waals surface area contributed by atoms with Gasteiger partial charge in [-0.25, -0.2) is 13.6 Å². The third kappa shape index (κ3) is 3.83. The van der Waals surface area contributed by atoms with Crippen LogP contribution < -0.4 is 5.14 Å². The quantitative estimate of drug-likeness (QED) is 0.915. The minimum Gasteiger partial charge on any atom is -0.336 e. The standard InChI is InChI=1S/C15H22N2O3S/c1-10-4-5-14(6-11(10)2)12(3)17-8-13(7-15(17)18)9-21(16,19)20/h4-6,12-13H,7-9H2,1-3H3,(H2,16,19,20). The number of carbonyl (C=O) groups is 1. The molecule has 1 saturated heterocycles. The van der Waals surface area contributed by atoms with Crippen LogP contribution in [0.25, 0.3) is 0 Å². The molecule has 6 heteroatoms. The minimum atomic E-state index is -3.54. The van der Waals surface area contributed by atoms with E-state index in [2.05, 4.69) is 6.07 Å². The van der Waals surface area contributed by atoms with Crippen LogP contribution in [0.4, 0.5) is 0 Å². The van der Waals surface area contributed by atoms with Crippen LogP contribution in [-0.2, 0) is 14.8 Å². The zero-order valence-corrected chi connectivity index (χ0v) is 13.5. The number of primary sulfonamides is 1. The van der Waals surface area contributed by atoms with Crippen LogP contribution in [0.1, 0.15) is 36.1 Å². The van der Waals surface area contributed by atoms with Crippen molar-refractivity contribution in [2.24, 2.45) is 11.1 Å². The molecular weight excluding hydrogens is 288 g/mol. The summed E-state index contributed by atoms with van der Waals surface area (Å²) >= 11 is 0. The van der Waals surface area contributed by atoms with Crippen LogP contribution in [0.15, 0.2) is 18.2 Å². The Morgan fingerprint density at radius 1 is 1.33 bits per heavy atom. The number of rotatable bonds is 4. The first kappa shape index (κ1) is 16.0. The lowest BCUT2D eigenvalue weighted by atomic mass is 10.0. The van der Waals surface area contributed by atoms with E-state index in [0.29, 0.717) is 6.54 Å². The largest absolute Gasteiger partial charge is 0.336 e. The molecule has 5 nitrogen and oxygen atoms in total. The number of benzene rings is 1. The third-order valence-corrected chi connectivity index (χ3v) is 5.12. The van der Waals surface area contributed by atoms with E-state index in [1.165, 1.54) is 11.1 Å². The summed E-state index contributed by atoms with van der Waals surface area (Å²) in [6.45, 7) is 6.51. The van der Waals surface area contributed by atoms with Crippen molar-refractivity contribution < 1.29 is 13.2 Å². The highest BCUT2D eigenvalue weighted by Gasteiger charge is 2.34. The molecule has 1 aromatic carbocycles. The van der Waals surface area contributed by atoms with Crippen molar-refractivity contribution in [2.75, 3.05) is 12.3 Å². The molecule has 2 unspecified atom stereocenters. The SMILES string of the molecule is Cc1ccc(C(C)N2CC(CS(N)(=O)=O)CC2=O)cc1C. The van der Waals surface area contributed by atoms with Crippen LogP contribution in [-0.4, -0.2) is 31.5 Å². The molecule has 2 atom stereocenters. The van der Waals surface area contributed by atoms with Gasteiger partial charge in [-0.2, -0.15) is 0 Å². The second-order valence-electron chi connectivity index (χ2n) is 5.97. The van der Waals surface area contributed by atoms with Crippen LogP contribution >= 0.6 is 0 Å². The summed E-state index contributed by atoms with van der Waals surface area (Å²) in [7, 11) is -3.54. The summed E-state index contributed by atoms with van der Waals surface area (Å²) in [4.78, 5) is 13.9. The maximum Gasteiger partial charge on any atom is 0.223 e. The van der Waals surface area contributed by atoms with Crippen molar-refractivity contribution in [1.29, 1.82) is 0 Å². The van der Waals surface area contributed by atoms with Gasteiger partial charge in [0.1, 0.15) is 0 Å². The number of carbonyl (C=O) groups excluding carboxylic acids is 1. The van der Waals surface area contributed by atoms with Crippen molar-refractivity contribution in [3.63, 3.8) is 0 Å². The van der Waals surface area contributed by atoms with Gasteiger partial charge in [-0.1, -0.05) is 18.2 Å². The molecule has 2 N–H and O–H groups in total. The van der Waals surface area contributed by atoms with E-state index in [1.807, 2.05) is 32.9 Å². The molecule has 21 heavy (non-hydrogen) atoms. The molecule has 116 valence electrons. The fourth-order valence-electron chi connectivity index (χ4n) is 2.83. The van der Waals surface area contributed by atoms with Gasteiger partial charge in [0.2, 0.25) is 15.9 Å². The fourth-order valence-corrected chi connectivity index (χ4v) is 3.71. The van der Waals surface area contributed by atoms with Crippen LogP contribution in [0.2, 0.25) is 0 Å². The Bertz CT molecular complexity index is 655. The number of amides is 1. The van der Waals surface area contributed by atoms with Gasteiger partial charge >= 0.3 is 0 Å². The molecule has 0 aromatic heterocycles. The maximum absolute atomic E-state index is 12.1. The molecule has 0 saturated carbocycles. The van der Waals surface area contributed by atoms with Crippen molar-refractivity contribution in [3.8, 4) is 0 Å². The zero-order chi connectivity index (χ0) is 15.8. The van der Waals surface area contributed by atoms with E-state index in [9.17, 15) is 13.2 Å². The Morgan fingerprint density at radius 3 is 2.57 bits per heavy atom. The normalized spacial score (nSPS) is 20.9. The highest BCUT2D eigenvalue weighted by Crippen LogP contribution is 2.29. The average molecular weight is 310 g/mol. The first-order valence-corrected chi connectivity index (χ1v) is 8.76. The Labute approximate surface area is 126 Å². The van der Waals surface area contributed by atoms with Crippen molar-refractivity contribution >= 4 is 15.9 Å². The van der Waals surface area contributed by atoms with E-state index >= 15 is 0 Å². The summed E-state index contributed by atoms with van der Waals surface area (Å²) in [5.74, 6) is -0.342. The van der Waals surface area contributed by atoms with Crippen molar-refractivity contribution in [2.45, 2.75) is 33.2 Å². The zero-order valence-electron chi connectivity index (χ0n) is 12.7. The van der Waals surface area contributed by atoms with Gasteiger partial charge in [0.25, 0.3) is 0 Å². The number of hydrogen-bond donors (Lipinski definition) is 1. The molecule has 0 spiro atoms. The summed E-state index contributed by atoms with van der Waals surface area (Å²) in [5.41, 5.74) is 3.47. The van der Waals surface area contributed by atoms with Crippen LogP contribution in [0, 0.1) is 19.8 Å². The highest BCUT2D eigenvalue weighted by atomic mass is 32.2. The Balaban J connectivity index is 2.14. The molecule has 2 rings (SSSR count). The molecular formula is C15H22N2O3S. The molecule has 1 heterocycles. The Kier molecular flexibility index (Phi) is 4.39. The van der Waals surface area contributed by atoms with Gasteiger partial charge in [0, 0.05) is 18.9 Å². The number of likely N-dealkylation sites (tertiary alicyclic amines) is 1. The monoisotopic (exact) mass is 310 g/mol. The summed E-state index contributed by atoms with van der Waals surface area (Å²) < 4.78 is 22.3. The molecule has 0 radical (unpaired) electrons. The van der Waals surface area contributed by atoms with Crippen LogP contribution in [0.5, 0.6) is 0 Å². The van der Waals surface area contributed by atoms with Gasteiger partial charge in [-0.05, 0) is 37.5 Å². The number of sulfonamides is 1. The molecule has 0 bridgehead atoms. The van der Waals surface area contributed by atoms with E-state index in [0.717, 1.165) is 5.56 Å². The number of nitrogens with two attached hydrogens (primary N) is 1. The predicted molar refractivity (Wildman–Crippen MR) is 82.1 cm³/mol. The Morgan fingerprint density at radius 2 is 2.00 bits per heavy atom. The highest BCUT2D eigenvalue weighted by molar-refractivity contribution is 7.89. The van der Waals surface area contributed by atoms with Gasteiger partial charge in [-0.15, -0.1) is 0 Å². The summed E-state index contributed by atoms with van der Waals surface area (Å²) in [6, 6.07) is 6.10. The second kappa shape index (κ2) is 5.77. The lowest BCUT2D eigenvalue weighted by Crippen LogP contribution is -2.30. The number of aryl methyl sites for hydroxylation is 2. The van der Waals surface area contributed by atoms with E-state index in [4.69, 9.17) is 5.14 Å². The predicted octanol–water partition coefficient (Wildman–Crippen LogP) is 1.50. The van der Waals surface area contributed by atoms with Crippen molar-refractivity contribution in [3.05, 3.63) is 34.9 Å². The topological polar surface area (TPSA) is 80.5 Å². The third-order valence-electron chi connectivity index (χ3n) is 4.19. The Hall–Kier alpha value is -1.40. The number of nitrogens with zero attached hydrogens (tertiary/aromatic N) is 1. The average Bonchev–Trinajstić information content (AvgIpc) is 2.70. The number of hydrogen-bond acceptors (Lipinski definition) is 3. The van der Waals surface area contributed by atoms with E-state index in [1.54, 1.807) is 4.90 Å². The lowest BCUT2D eigenvalue weighted by molar-refractivity contribution is -0.129. The van der Waals surface area contributed by atoms with Gasteiger partial charge < -0.3 is 4.90 Å². The first-order chi connectivity index (χ1) is 9.67.